The molecule has 3 atom stereocenters. The highest BCUT2D eigenvalue weighted by molar-refractivity contribution is 6.31. The lowest BCUT2D eigenvalue weighted by Crippen LogP contribution is -2.57. The largest absolute Gasteiger partial charge is 0.475 e. The number of carbonyl (C=O) groups excluding carboxylic acids is 3. The van der Waals surface area contributed by atoms with E-state index in [1.165, 1.54) is 7.11 Å². The van der Waals surface area contributed by atoms with Crippen molar-refractivity contribution in [2.45, 2.75) is 63.0 Å². The van der Waals surface area contributed by atoms with E-state index in [9.17, 15) is 14.4 Å². The lowest BCUT2D eigenvalue weighted by atomic mass is 9.59. The summed E-state index contributed by atoms with van der Waals surface area (Å²) >= 11 is 19.4. The molecule has 3 unspecified atom stereocenters. The molecule has 42 heavy (non-hydrogen) atoms. The summed E-state index contributed by atoms with van der Waals surface area (Å²) in [5.74, 6) is -1.51. The van der Waals surface area contributed by atoms with Gasteiger partial charge >= 0.3 is 5.97 Å². The van der Waals surface area contributed by atoms with Gasteiger partial charge in [-0.25, -0.2) is 4.79 Å². The highest BCUT2D eigenvalue weighted by Crippen LogP contribution is 2.59. The number of hydrogen-bond donors (Lipinski definition) is 2. The van der Waals surface area contributed by atoms with Gasteiger partial charge in [-0.2, -0.15) is 0 Å². The molecular formula is C32H31Cl3N2O5. The Morgan fingerprint density at radius 1 is 0.952 bits per heavy atom. The van der Waals surface area contributed by atoms with Crippen LogP contribution in [0.4, 0.5) is 5.69 Å². The van der Waals surface area contributed by atoms with Crippen molar-refractivity contribution in [3.63, 3.8) is 0 Å². The van der Waals surface area contributed by atoms with E-state index in [2.05, 4.69) is 10.6 Å². The lowest BCUT2D eigenvalue weighted by molar-refractivity contribution is -0.160. The molecule has 0 bridgehead atoms. The summed E-state index contributed by atoms with van der Waals surface area (Å²) in [6.07, 6.45) is 0.618. The van der Waals surface area contributed by atoms with Gasteiger partial charge in [-0.15, -0.1) is 0 Å². The topological polar surface area (TPSA) is 93.7 Å². The van der Waals surface area contributed by atoms with E-state index < -0.39 is 28.9 Å². The van der Waals surface area contributed by atoms with Crippen molar-refractivity contribution in [2.24, 2.45) is 0 Å². The molecule has 3 aromatic rings. The van der Waals surface area contributed by atoms with Crippen LogP contribution in [0.25, 0.3) is 0 Å². The van der Waals surface area contributed by atoms with Crippen LogP contribution in [-0.4, -0.2) is 30.5 Å². The predicted octanol–water partition coefficient (Wildman–Crippen LogP) is 7.30. The molecule has 2 amide bonds. The van der Waals surface area contributed by atoms with Crippen LogP contribution in [0.2, 0.25) is 15.1 Å². The molecule has 1 fully saturated rings. The van der Waals surface area contributed by atoms with Crippen molar-refractivity contribution in [2.75, 3.05) is 12.4 Å². The van der Waals surface area contributed by atoms with Gasteiger partial charge in [0.2, 0.25) is 17.4 Å². The van der Waals surface area contributed by atoms with Crippen LogP contribution in [-0.2, 0) is 24.5 Å². The van der Waals surface area contributed by atoms with E-state index in [0.29, 0.717) is 56.0 Å². The molecule has 0 aliphatic carbocycles. The Balaban J connectivity index is 1.81. The highest BCUT2D eigenvalue weighted by Gasteiger charge is 2.62. The summed E-state index contributed by atoms with van der Waals surface area (Å²) in [5.41, 5.74) is 0.663. The Morgan fingerprint density at radius 2 is 1.57 bits per heavy atom. The van der Waals surface area contributed by atoms with Crippen molar-refractivity contribution in [1.82, 2.24) is 5.32 Å². The second kappa shape index (κ2) is 11.4. The number of ether oxygens (including phenoxy) is 2. The van der Waals surface area contributed by atoms with Crippen LogP contribution in [0.3, 0.4) is 0 Å². The molecule has 5 rings (SSSR count). The van der Waals surface area contributed by atoms with E-state index in [0.717, 1.165) is 5.56 Å². The second-order valence-corrected chi connectivity index (χ2v) is 12.1. The van der Waals surface area contributed by atoms with Gasteiger partial charge in [0, 0.05) is 38.7 Å². The van der Waals surface area contributed by atoms with Crippen molar-refractivity contribution >= 4 is 58.3 Å². The van der Waals surface area contributed by atoms with Crippen LogP contribution >= 0.6 is 34.8 Å². The number of hydrogen-bond acceptors (Lipinski definition) is 5. The molecule has 0 saturated carbocycles. The molecule has 3 aromatic carbocycles. The first-order chi connectivity index (χ1) is 20.0. The number of nitrogens with one attached hydrogen (secondary N) is 2. The summed E-state index contributed by atoms with van der Waals surface area (Å²) in [6.45, 7) is 5.59. The first kappa shape index (κ1) is 30.2. The quantitative estimate of drug-likeness (QED) is 0.268. The first-order valence-corrected chi connectivity index (χ1v) is 14.9. The van der Waals surface area contributed by atoms with E-state index in [4.69, 9.17) is 44.3 Å². The number of fused-ring (bicyclic) bond motifs is 2. The summed E-state index contributed by atoms with van der Waals surface area (Å²) in [6, 6.07) is 14.9. The van der Waals surface area contributed by atoms with E-state index in [-0.39, 0.29) is 18.2 Å². The Labute approximate surface area is 259 Å². The van der Waals surface area contributed by atoms with Gasteiger partial charge in [0.25, 0.3) is 0 Å². The van der Waals surface area contributed by atoms with Gasteiger partial charge in [0.05, 0.1) is 13.2 Å². The molecule has 1 saturated heterocycles. The number of anilines is 1. The summed E-state index contributed by atoms with van der Waals surface area (Å²) < 4.78 is 11.6. The fraction of sp³-hybridized carbons (Fsp3) is 0.344. The minimum absolute atomic E-state index is 0.0498. The maximum absolute atomic E-state index is 14.5. The van der Waals surface area contributed by atoms with Crippen molar-refractivity contribution in [3.05, 3.63) is 91.9 Å². The summed E-state index contributed by atoms with van der Waals surface area (Å²) in [5, 5.41) is 7.45. The number of aryl methyl sites for hydroxylation is 1. The zero-order chi connectivity index (χ0) is 30.4. The molecule has 2 N–H and O–H groups in total. The molecule has 220 valence electrons. The third-order valence-corrected chi connectivity index (χ3v) is 9.36. The number of rotatable bonds is 7. The minimum Gasteiger partial charge on any atom is -0.475 e. The van der Waals surface area contributed by atoms with E-state index in [1.54, 1.807) is 42.5 Å². The molecule has 7 nitrogen and oxygen atoms in total. The Hall–Kier alpha value is -3.26. The molecule has 1 spiro atoms. The number of amides is 2. The minimum atomic E-state index is -1.35. The van der Waals surface area contributed by atoms with E-state index >= 15 is 0 Å². The number of carbonyl (C=O) groups is 3. The van der Waals surface area contributed by atoms with Crippen molar-refractivity contribution < 1.29 is 23.9 Å². The smallest absolute Gasteiger partial charge is 0.350 e. The number of piperidine rings is 1. The van der Waals surface area contributed by atoms with Crippen LogP contribution in [0, 0.1) is 6.92 Å². The molecule has 10 heteroatoms. The van der Waals surface area contributed by atoms with Gasteiger partial charge in [0.15, 0.2) is 0 Å². The van der Waals surface area contributed by atoms with Crippen molar-refractivity contribution in [1.29, 1.82) is 0 Å². The number of methoxy groups -OCH3 is 1. The zero-order valence-corrected chi connectivity index (χ0v) is 25.9. The maximum Gasteiger partial charge on any atom is 0.350 e. The summed E-state index contributed by atoms with van der Waals surface area (Å²) in [4.78, 5) is 41.0. The van der Waals surface area contributed by atoms with Crippen molar-refractivity contribution in [3.8, 4) is 5.75 Å². The molecule has 2 aliphatic rings. The third-order valence-electron chi connectivity index (χ3n) is 8.66. The standard InChI is InChI=1S/C32H31Cl3N2O5/c1-5-31(6-2,30(40)41-4)42-26-12-10-19(34)14-22(26)24-16-27(38)37-28(21-13-18(33)8-7-17(21)3)32(24)23-11-9-20(35)15-25(23)36-29(32)39/h7-15,24,28H,5-6,16H2,1-4H3,(H,36,39)(H,37,38). The van der Waals surface area contributed by atoms with Gasteiger partial charge in [-0.05, 0) is 78.9 Å². The van der Waals surface area contributed by atoms with Crippen LogP contribution in [0.5, 0.6) is 5.75 Å². The number of esters is 1. The average Bonchev–Trinajstić information content (AvgIpc) is 3.25. The third kappa shape index (κ3) is 4.81. The second-order valence-electron chi connectivity index (χ2n) is 10.7. The Kier molecular flexibility index (Phi) is 8.23. The molecule has 0 radical (unpaired) electrons. The first-order valence-electron chi connectivity index (χ1n) is 13.7. The van der Waals surface area contributed by atoms with Gasteiger partial charge in [-0.3, -0.25) is 9.59 Å². The monoisotopic (exact) mass is 628 g/mol. The molecule has 2 heterocycles. The van der Waals surface area contributed by atoms with Gasteiger partial charge < -0.3 is 20.1 Å². The Bertz CT molecular complexity index is 1590. The fourth-order valence-electron chi connectivity index (χ4n) is 6.45. The highest BCUT2D eigenvalue weighted by atomic mass is 35.5. The van der Waals surface area contributed by atoms with Crippen LogP contribution in [0.15, 0.2) is 54.6 Å². The fourth-order valence-corrected chi connectivity index (χ4v) is 6.98. The van der Waals surface area contributed by atoms with Gasteiger partial charge in [0.1, 0.15) is 11.2 Å². The normalized spacial score (nSPS) is 21.5. The molecular weight excluding hydrogens is 599 g/mol. The predicted molar refractivity (Wildman–Crippen MR) is 164 cm³/mol. The average molecular weight is 630 g/mol. The SMILES string of the molecule is CCC(CC)(Oc1ccc(Cl)cc1C1CC(=O)NC(c2cc(Cl)ccc2C)C12C(=O)Nc1cc(Cl)ccc12)C(=O)OC. The van der Waals surface area contributed by atoms with E-state index in [1.807, 2.05) is 32.9 Å². The Morgan fingerprint density at radius 3 is 2.24 bits per heavy atom. The van der Waals surface area contributed by atoms with Crippen LogP contribution in [0.1, 0.15) is 67.3 Å². The molecule has 2 aliphatic heterocycles. The number of benzene rings is 3. The lowest BCUT2D eigenvalue weighted by Gasteiger charge is -2.47. The zero-order valence-electron chi connectivity index (χ0n) is 23.6. The summed E-state index contributed by atoms with van der Waals surface area (Å²) in [7, 11) is 1.32. The number of halogens is 3. The van der Waals surface area contributed by atoms with Gasteiger partial charge in [-0.1, -0.05) is 60.8 Å². The van der Waals surface area contributed by atoms with Crippen LogP contribution < -0.4 is 15.4 Å². The molecule has 0 aromatic heterocycles. The maximum atomic E-state index is 14.5.